The first kappa shape index (κ1) is 18.3. The second-order valence-electron chi connectivity index (χ2n) is 6.39. The Bertz CT molecular complexity index is 986. The number of halogens is 1. The van der Waals surface area contributed by atoms with Crippen molar-refractivity contribution in [3.63, 3.8) is 0 Å². The summed E-state index contributed by atoms with van der Waals surface area (Å²) in [5, 5.41) is 8.07. The van der Waals surface area contributed by atoms with Gasteiger partial charge in [0.1, 0.15) is 5.94 Å². The molecule has 1 aromatic heterocycles. The molecular weight excluding hydrogens is 380 g/mol. The lowest BCUT2D eigenvalue weighted by Gasteiger charge is -2.31. The van der Waals surface area contributed by atoms with Crippen LogP contribution in [0.25, 0.3) is 5.69 Å². The van der Waals surface area contributed by atoms with Gasteiger partial charge in [0.2, 0.25) is 11.9 Å². The van der Waals surface area contributed by atoms with E-state index in [1.807, 2.05) is 30.2 Å². The lowest BCUT2D eigenvalue weighted by atomic mass is 10.0. The molecule has 2 heterocycles. The van der Waals surface area contributed by atoms with Gasteiger partial charge in [0.15, 0.2) is 0 Å². The van der Waals surface area contributed by atoms with E-state index >= 15 is 0 Å². The van der Waals surface area contributed by atoms with Crippen molar-refractivity contribution in [2.24, 2.45) is 0 Å². The number of allylic oxidation sites excluding steroid dienone is 1. The lowest BCUT2D eigenvalue weighted by molar-refractivity contribution is 0.0553. The molecule has 1 aliphatic carbocycles. The predicted molar refractivity (Wildman–Crippen MR) is 107 cm³/mol. The molecule has 4 rings (SSSR count). The Hall–Kier alpha value is -3.06. The number of carbonyl (C=O) groups excluding carboxylic acids is 1. The predicted octanol–water partition coefficient (Wildman–Crippen LogP) is 1.83. The van der Waals surface area contributed by atoms with Gasteiger partial charge in [-0.1, -0.05) is 23.7 Å². The zero-order valence-corrected chi connectivity index (χ0v) is 15.8. The number of hydrogen-bond acceptors (Lipinski definition) is 7. The number of hydrogen-bond donors (Lipinski definition) is 2. The topological polar surface area (TPSA) is 98.3 Å². The molecule has 0 saturated carbocycles. The van der Waals surface area contributed by atoms with Crippen LogP contribution in [0.5, 0.6) is 0 Å². The maximum atomic E-state index is 11.5. The lowest BCUT2D eigenvalue weighted by Crippen LogP contribution is -2.36. The summed E-state index contributed by atoms with van der Waals surface area (Å²) < 4.78 is 6.86. The number of nitrogens with two attached hydrogens (primary N) is 1. The Morgan fingerprint density at radius 3 is 2.89 bits per heavy atom. The molecular formula is C19H19ClN6O2. The van der Waals surface area contributed by atoms with Gasteiger partial charge in [0, 0.05) is 23.8 Å². The molecule has 8 nitrogen and oxygen atoms in total. The minimum absolute atomic E-state index is 0.214. The van der Waals surface area contributed by atoms with Crippen LogP contribution in [0.2, 0.25) is 5.02 Å². The van der Waals surface area contributed by atoms with Crippen LogP contribution in [0.15, 0.2) is 53.8 Å². The van der Waals surface area contributed by atoms with Crippen molar-refractivity contribution in [2.45, 2.75) is 6.04 Å². The number of aromatic nitrogens is 3. The van der Waals surface area contributed by atoms with Crippen LogP contribution in [-0.4, -0.2) is 58.0 Å². The van der Waals surface area contributed by atoms with E-state index in [0.717, 1.165) is 18.8 Å². The van der Waals surface area contributed by atoms with E-state index in [1.165, 1.54) is 4.68 Å². The largest absolute Gasteiger partial charge is 0.378 e. The Labute approximate surface area is 166 Å². The molecule has 9 heteroatoms. The van der Waals surface area contributed by atoms with E-state index in [0.29, 0.717) is 35.4 Å². The summed E-state index contributed by atoms with van der Waals surface area (Å²) in [6.07, 6.45) is 5.69. The first-order chi connectivity index (χ1) is 13.6. The second-order valence-corrected chi connectivity index (χ2v) is 6.83. The van der Waals surface area contributed by atoms with Crippen LogP contribution < -0.4 is 11.1 Å². The third-order valence-electron chi connectivity index (χ3n) is 4.56. The molecule has 0 amide bonds. The molecule has 28 heavy (non-hydrogen) atoms. The summed E-state index contributed by atoms with van der Waals surface area (Å²) in [4.78, 5) is 17.9. The Balaban J connectivity index is 1.52. The average molecular weight is 399 g/mol. The highest BCUT2D eigenvalue weighted by atomic mass is 35.5. The third-order valence-corrected chi connectivity index (χ3v) is 4.80. The molecule has 0 spiro atoms. The molecule has 3 N–H and O–H groups in total. The van der Waals surface area contributed by atoms with Gasteiger partial charge < -0.3 is 20.7 Å². The summed E-state index contributed by atoms with van der Waals surface area (Å²) in [5.41, 5.74) is 8.13. The van der Waals surface area contributed by atoms with Crippen molar-refractivity contribution in [2.75, 3.05) is 37.4 Å². The number of nitrogens with one attached hydrogen (secondary N) is 1. The number of anilines is 2. The van der Waals surface area contributed by atoms with E-state index in [4.69, 9.17) is 22.1 Å². The van der Waals surface area contributed by atoms with Gasteiger partial charge >= 0.3 is 0 Å². The first-order valence-corrected chi connectivity index (χ1v) is 9.24. The fourth-order valence-corrected chi connectivity index (χ4v) is 3.34. The number of ether oxygens (including phenoxy) is 1. The van der Waals surface area contributed by atoms with Gasteiger partial charge in [-0.15, -0.1) is 5.10 Å². The van der Waals surface area contributed by atoms with Crippen LogP contribution in [-0.2, 0) is 9.53 Å². The molecule has 1 aliphatic heterocycles. The number of nitrogen functional groups attached to an aromatic ring is 1. The summed E-state index contributed by atoms with van der Waals surface area (Å²) >= 11 is 6.03. The summed E-state index contributed by atoms with van der Waals surface area (Å²) in [6.45, 7) is 2.94. The third kappa shape index (κ3) is 3.80. The van der Waals surface area contributed by atoms with Gasteiger partial charge in [-0.05, 0) is 30.4 Å². The monoisotopic (exact) mass is 398 g/mol. The molecule has 1 unspecified atom stereocenters. The molecule has 1 fully saturated rings. The fourth-order valence-electron chi connectivity index (χ4n) is 3.16. The van der Waals surface area contributed by atoms with Gasteiger partial charge in [0.25, 0.3) is 0 Å². The molecule has 1 aromatic carbocycles. The molecule has 1 saturated heterocycles. The molecule has 144 valence electrons. The Kier molecular flexibility index (Phi) is 5.16. The maximum absolute atomic E-state index is 11.5. The smallest absolute Gasteiger partial charge is 0.245 e. The van der Waals surface area contributed by atoms with Gasteiger partial charge in [-0.25, -0.2) is 4.79 Å². The van der Waals surface area contributed by atoms with Gasteiger partial charge in [-0.2, -0.15) is 9.67 Å². The quantitative estimate of drug-likeness (QED) is 0.758. The van der Waals surface area contributed by atoms with Crippen LogP contribution in [0.1, 0.15) is 0 Å². The summed E-state index contributed by atoms with van der Waals surface area (Å²) in [7, 11) is 0. The molecule has 0 radical (unpaired) electrons. The van der Waals surface area contributed by atoms with E-state index in [2.05, 4.69) is 20.3 Å². The number of nitrogens with zero attached hydrogens (tertiary/aromatic N) is 4. The number of rotatable bonds is 4. The molecule has 0 bridgehead atoms. The Morgan fingerprint density at radius 1 is 1.32 bits per heavy atom. The zero-order valence-electron chi connectivity index (χ0n) is 15.0. The van der Waals surface area contributed by atoms with Gasteiger partial charge in [-0.3, -0.25) is 0 Å². The summed E-state index contributed by atoms with van der Waals surface area (Å²) in [5.74, 6) is 2.53. The average Bonchev–Trinajstić information content (AvgIpc) is 3.09. The van der Waals surface area contributed by atoms with Gasteiger partial charge in [0.05, 0.1) is 30.5 Å². The van der Waals surface area contributed by atoms with Crippen molar-refractivity contribution in [1.29, 1.82) is 0 Å². The highest BCUT2D eigenvalue weighted by Gasteiger charge is 2.21. The Morgan fingerprint density at radius 2 is 2.14 bits per heavy atom. The van der Waals surface area contributed by atoms with Crippen LogP contribution >= 0.6 is 11.6 Å². The van der Waals surface area contributed by atoms with Crippen molar-refractivity contribution < 1.29 is 9.53 Å². The van der Waals surface area contributed by atoms with E-state index in [1.54, 1.807) is 18.2 Å². The fraction of sp³-hybridized carbons (Fsp3) is 0.263. The van der Waals surface area contributed by atoms with Crippen LogP contribution in [0.4, 0.5) is 11.9 Å². The standard InChI is InChI=1S/C19H19ClN6O2/c20-14-2-1-3-16(11-14)26-18(21)23-19(24-26)22-17-5-4-15(10-13(17)12-27)25-6-8-28-9-7-25/h1-5,10-11,17H,6-9H2,(H3,21,22,23,24). The maximum Gasteiger partial charge on any atom is 0.245 e. The van der Waals surface area contributed by atoms with Crippen LogP contribution in [0, 0.1) is 0 Å². The highest BCUT2D eigenvalue weighted by Crippen LogP contribution is 2.22. The second kappa shape index (κ2) is 7.90. The van der Waals surface area contributed by atoms with E-state index in [9.17, 15) is 4.79 Å². The van der Waals surface area contributed by atoms with Crippen molar-refractivity contribution in [1.82, 2.24) is 19.7 Å². The minimum atomic E-state index is -0.392. The van der Waals surface area contributed by atoms with E-state index < -0.39 is 6.04 Å². The SMILES string of the molecule is Nc1nc(NC2C=CC(N3CCOCC3)=CC2=C=O)nn1-c1cccc(Cl)c1. The van der Waals surface area contributed by atoms with E-state index in [-0.39, 0.29) is 5.95 Å². The van der Waals surface area contributed by atoms with Crippen molar-refractivity contribution >= 4 is 29.4 Å². The van der Waals surface area contributed by atoms with Crippen molar-refractivity contribution in [3.05, 3.63) is 58.8 Å². The molecule has 2 aromatic rings. The zero-order chi connectivity index (χ0) is 19.5. The molecule has 2 aliphatic rings. The highest BCUT2D eigenvalue weighted by molar-refractivity contribution is 6.30. The minimum Gasteiger partial charge on any atom is -0.378 e. The number of morpholine rings is 1. The first-order valence-electron chi connectivity index (χ1n) is 8.86. The number of benzene rings is 1. The molecule has 1 atom stereocenters. The van der Waals surface area contributed by atoms with Crippen molar-refractivity contribution in [3.8, 4) is 5.69 Å². The summed E-state index contributed by atoms with van der Waals surface area (Å²) in [6, 6.07) is 6.75. The normalized spacial score (nSPS) is 19.3. The van der Waals surface area contributed by atoms with Crippen LogP contribution in [0.3, 0.4) is 0 Å².